The minimum absolute atomic E-state index is 0.248. The first-order chi connectivity index (χ1) is 7.70. The van der Waals surface area contributed by atoms with Crippen LogP contribution in [-0.4, -0.2) is 10.2 Å². The van der Waals surface area contributed by atoms with Gasteiger partial charge in [0.1, 0.15) is 5.82 Å². The molecule has 0 unspecified atom stereocenters. The van der Waals surface area contributed by atoms with Crippen molar-refractivity contribution < 1.29 is 4.39 Å². The van der Waals surface area contributed by atoms with Crippen LogP contribution in [0.3, 0.4) is 0 Å². The Labute approximate surface area is 96.1 Å². The highest BCUT2D eigenvalue weighted by molar-refractivity contribution is 6.29. The van der Waals surface area contributed by atoms with Crippen LogP contribution in [0.1, 0.15) is 5.56 Å². The van der Waals surface area contributed by atoms with Gasteiger partial charge >= 0.3 is 0 Å². The lowest BCUT2D eigenvalue weighted by atomic mass is 10.1. The van der Waals surface area contributed by atoms with Crippen LogP contribution < -0.4 is 0 Å². The third-order valence-corrected chi connectivity index (χ3v) is 2.21. The van der Waals surface area contributed by atoms with E-state index in [-0.39, 0.29) is 10.7 Å². The summed E-state index contributed by atoms with van der Waals surface area (Å²) in [4.78, 5) is 0. The first-order valence-electron chi connectivity index (χ1n) is 4.40. The predicted octanol–water partition coefficient (Wildman–Crippen LogP) is 2.81. The van der Waals surface area contributed by atoms with Gasteiger partial charge in [-0.2, -0.15) is 5.26 Å². The summed E-state index contributed by atoms with van der Waals surface area (Å²) in [6.07, 6.45) is 0. The summed E-state index contributed by atoms with van der Waals surface area (Å²) in [5, 5.41) is 16.2. The lowest BCUT2D eigenvalue weighted by Gasteiger charge is -2.01. The van der Waals surface area contributed by atoms with E-state index in [1.165, 1.54) is 18.2 Å². The second kappa shape index (κ2) is 4.25. The second-order valence-corrected chi connectivity index (χ2v) is 3.43. The number of nitriles is 1. The van der Waals surface area contributed by atoms with Gasteiger partial charge in [-0.05, 0) is 30.3 Å². The topological polar surface area (TPSA) is 49.6 Å². The zero-order valence-corrected chi connectivity index (χ0v) is 8.74. The lowest BCUT2D eigenvalue weighted by Crippen LogP contribution is -1.91. The molecule has 16 heavy (non-hydrogen) atoms. The Morgan fingerprint density at radius 3 is 2.56 bits per heavy atom. The van der Waals surface area contributed by atoms with E-state index < -0.39 is 5.82 Å². The van der Waals surface area contributed by atoms with E-state index in [0.29, 0.717) is 11.3 Å². The summed E-state index contributed by atoms with van der Waals surface area (Å²) >= 11 is 5.58. The first-order valence-corrected chi connectivity index (χ1v) is 4.78. The zero-order valence-electron chi connectivity index (χ0n) is 7.98. The van der Waals surface area contributed by atoms with E-state index in [1.54, 1.807) is 6.07 Å². The van der Waals surface area contributed by atoms with E-state index in [1.807, 2.05) is 6.07 Å². The molecule has 0 aliphatic heterocycles. The number of aromatic nitrogens is 2. The van der Waals surface area contributed by atoms with Gasteiger partial charge in [0.15, 0.2) is 5.15 Å². The van der Waals surface area contributed by atoms with Crippen LogP contribution in [0.15, 0.2) is 30.3 Å². The maximum Gasteiger partial charge on any atom is 0.151 e. The molecule has 1 heterocycles. The van der Waals surface area contributed by atoms with Gasteiger partial charge in [-0.1, -0.05) is 11.6 Å². The SMILES string of the molecule is N#Cc1ccc(-c2ccc(Cl)nn2)c(F)c1. The van der Waals surface area contributed by atoms with Gasteiger partial charge in [0.05, 0.1) is 17.3 Å². The van der Waals surface area contributed by atoms with Crippen molar-refractivity contribution in [3.05, 3.63) is 46.9 Å². The molecule has 0 saturated carbocycles. The Balaban J connectivity index is 2.49. The first kappa shape index (κ1) is 10.5. The molecular formula is C11H5ClFN3. The highest BCUT2D eigenvalue weighted by Crippen LogP contribution is 2.21. The van der Waals surface area contributed by atoms with Crippen molar-refractivity contribution in [2.45, 2.75) is 0 Å². The zero-order chi connectivity index (χ0) is 11.5. The number of nitrogens with zero attached hydrogens (tertiary/aromatic N) is 3. The van der Waals surface area contributed by atoms with Crippen molar-refractivity contribution in [1.29, 1.82) is 5.26 Å². The van der Waals surface area contributed by atoms with Crippen LogP contribution in [0.4, 0.5) is 4.39 Å². The largest absolute Gasteiger partial charge is 0.206 e. The molecule has 3 nitrogen and oxygen atoms in total. The highest BCUT2D eigenvalue weighted by atomic mass is 35.5. The van der Waals surface area contributed by atoms with E-state index in [2.05, 4.69) is 10.2 Å². The normalized spacial score (nSPS) is 9.81. The molecule has 2 aromatic rings. The fourth-order valence-corrected chi connectivity index (χ4v) is 1.35. The Morgan fingerprint density at radius 2 is 2.00 bits per heavy atom. The summed E-state index contributed by atoms with van der Waals surface area (Å²) < 4.78 is 13.6. The fourth-order valence-electron chi connectivity index (χ4n) is 1.25. The molecule has 2 rings (SSSR count). The molecule has 0 atom stereocenters. The molecule has 0 aliphatic carbocycles. The highest BCUT2D eigenvalue weighted by Gasteiger charge is 2.07. The summed E-state index contributed by atoms with van der Waals surface area (Å²) in [5.74, 6) is -0.504. The Kier molecular flexibility index (Phi) is 2.80. The van der Waals surface area contributed by atoms with Gasteiger partial charge in [-0.25, -0.2) is 4.39 Å². The number of halogens is 2. The van der Waals surface area contributed by atoms with E-state index in [9.17, 15) is 4.39 Å². The molecule has 1 aromatic heterocycles. The third kappa shape index (κ3) is 2.00. The Morgan fingerprint density at radius 1 is 1.19 bits per heavy atom. The van der Waals surface area contributed by atoms with Gasteiger partial charge in [0.2, 0.25) is 0 Å². The molecule has 78 valence electrons. The lowest BCUT2D eigenvalue weighted by molar-refractivity contribution is 0.630. The fraction of sp³-hybridized carbons (Fsp3) is 0. The van der Waals surface area contributed by atoms with Crippen LogP contribution in [0, 0.1) is 17.1 Å². The molecule has 5 heteroatoms. The summed E-state index contributed by atoms with van der Waals surface area (Å²) in [6.45, 7) is 0. The quantitative estimate of drug-likeness (QED) is 0.761. The summed E-state index contributed by atoms with van der Waals surface area (Å²) in [7, 11) is 0. The predicted molar refractivity (Wildman–Crippen MR) is 57.2 cm³/mol. The summed E-state index contributed by atoms with van der Waals surface area (Å²) in [5.41, 5.74) is 0.942. The summed E-state index contributed by atoms with van der Waals surface area (Å²) in [6, 6.07) is 9.13. The third-order valence-electron chi connectivity index (χ3n) is 2.01. The van der Waals surface area contributed by atoms with Crippen molar-refractivity contribution in [3.8, 4) is 17.3 Å². The maximum atomic E-state index is 13.6. The van der Waals surface area contributed by atoms with Gasteiger partial charge in [-0.15, -0.1) is 10.2 Å². The van der Waals surface area contributed by atoms with Gasteiger partial charge in [0.25, 0.3) is 0 Å². The van der Waals surface area contributed by atoms with Crippen molar-refractivity contribution in [1.82, 2.24) is 10.2 Å². The van der Waals surface area contributed by atoms with Crippen molar-refractivity contribution in [3.63, 3.8) is 0 Å². The van der Waals surface area contributed by atoms with Crippen LogP contribution >= 0.6 is 11.6 Å². The maximum absolute atomic E-state index is 13.6. The monoisotopic (exact) mass is 233 g/mol. The van der Waals surface area contributed by atoms with E-state index in [4.69, 9.17) is 16.9 Å². The molecule has 0 fully saturated rings. The van der Waals surface area contributed by atoms with Crippen LogP contribution in [-0.2, 0) is 0 Å². The minimum atomic E-state index is -0.504. The number of hydrogen-bond donors (Lipinski definition) is 0. The van der Waals surface area contributed by atoms with Gasteiger partial charge in [-0.3, -0.25) is 0 Å². The molecule has 0 N–H and O–H groups in total. The van der Waals surface area contributed by atoms with Crippen molar-refractivity contribution in [2.24, 2.45) is 0 Å². The second-order valence-electron chi connectivity index (χ2n) is 3.05. The molecule has 0 saturated heterocycles. The van der Waals surface area contributed by atoms with Gasteiger partial charge in [0, 0.05) is 5.56 Å². The molecular weight excluding hydrogens is 229 g/mol. The molecule has 0 aliphatic rings. The van der Waals surface area contributed by atoms with Crippen molar-refractivity contribution >= 4 is 11.6 Å². The number of rotatable bonds is 1. The van der Waals surface area contributed by atoms with E-state index in [0.717, 1.165) is 6.07 Å². The molecule has 0 amide bonds. The van der Waals surface area contributed by atoms with Gasteiger partial charge < -0.3 is 0 Å². The Hall–Kier alpha value is -1.99. The van der Waals surface area contributed by atoms with Crippen LogP contribution in [0.25, 0.3) is 11.3 Å². The molecule has 1 aromatic carbocycles. The average molecular weight is 234 g/mol. The van der Waals surface area contributed by atoms with Crippen molar-refractivity contribution in [2.75, 3.05) is 0 Å². The molecule has 0 bridgehead atoms. The minimum Gasteiger partial charge on any atom is -0.206 e. The van der Waals surface area contributed by atoms with Crippen LogP contribution in [0.2, 0.25) is 5.15 Å². The molecule has 0 spiro atoms. The number of hydrogen-bond acceptors (Lipinski definition) is 3. The van der Waals surface area contributed by atoms with Crippen LogP contribution in [0.5, 0.6) is 0 Å². The average Bonchev–Trinajstić information content (AvgIpc) is 2.30. The van der Waals surface area contributed by atoms with E-state index >= 15 is 0 Å². The number of benzene rings is 1. The smallest absolute Gasteiger partial charge is 0.151 e. The standard InChI is InChI=1S/C11H5ClFN3/c12-11-4-3-10(15-16-11)8-2-1-7(6-14)5-9(8)13/h1-5H. The molecule has 0 radical (unpaired) electrons. The Bertz CT molecular complexity index is 560.